The van der Waals surface area contributed by atoms with E-state index in [1.165, 1.54) is 0 Å². The summed E-state index contributed by atoms with van der Waals surface area (Å²) in [4.78, 5) is 16.5. The predicted molar refractivity (Wildman–Crippen MR) is 104 cm³/mol. The van der Waals surface area contributed by atoms with Gasteiger partial charge in [-0.1, -0.05) is 35.0 Å². The van der Waals surface area contributed by atoms with Crippen LogP contribution in [0.4, 0.5) is 5.69 Å². The number of aryl methyl sites for hydroxylation is 2. The molecule has 0 saturated carbocycles. The minimum Gasteiger partial charge on any atom is -0.493 e. The molecule has 3 aromatic rings. The van der Waals surface area contributed by atoms with Crippen molar-refractivity contribution in [2.24, 2.45) is 0 Å². The van der Waals surface area contributed by atoms with Gasteiger partial charge in [-0.3, -0.25) is 4.79 Å². The van der Waals surface area contributed by atoms with E-state index in [2.05, 4.69) is 15.5 Å². The molecule has 0 bridgehead atoms. The number of hydrogen-bond donors (Lipinski definition) is 1. The molecule has 0 unspecified atom stereocenters. The molecule has 1 heterocycles. The summed E-state index contributed by atoms with van der Waals surface area (Å²) in [6.45, 7) is 4.51. The summed E-state index contributed by atoms with van der Waals surface area (Å²) in [5.41, 5.74) is 2.76. The number of para-hydroxylation sites is 1. The Balaban J connectivity index is 1.52. The number of nitrogens with one attached hydrogen (secondary N) is 1. The van der Waals surface area contributed by atoms with Crippen LogP contribution in [0.1, 0.15) is 31.2 Å². The van der Waals surface area contributed by atoms with E-state index in [0.29, 0.717) is 37.6 Å². The van der Waals surface area contributed by atoms with E-state index in [-0.39, 0.29) is 5.91 Å². The van der Waals surface area contributed by atoms with Gasteiger partial charge in [-0.15, -0.1) is 0 Å². The van der Waals surface area contributed by atoms with Gasteiger partial charge in [-0.2, -0.15) is 4.98 Å². The average molecular weight is 365 g/mol. The summed E-state index contributed by atoms with van der Waals surface area (Å²) in [5.74, 6) is 1.71. The third-order valence-corrected chi connectivity index (χ3v) is 4.03. The van der Waals surface area contributed by atoms with E-state index < -0.39 is 0 Å². The van der Waals surface area contributed by atoms with Gasteiger partial charge in [0.05, 0.1) is 12.2 Å². The zero-order valence-electron chi connectivity index (χ0n) is 15.6. The van der Waals surface area contributed by atoms with Gasteiger partial charge in [-0.25, -0.2) is 0 Å². The predicted octanol–water partition coefficient (Wildman–Crippen LogP) is 4.41. The lowest BCUT2D eigenvalue weighted by Gasteiger charge is -2.06. The minimum atomic E-state index is -0.0275. The number of benzene rings is 2. The molecule has 0 saturated heterocycles. The Labute approximate surface area is 158 Å². The van der Waals surface area contributed by atoms with Gasteiger partial charge in [0.2, 0.25) is 17.6 Å². The van der Waals surface area contributed by atoms with Crippen molar-refractivity contribution in [1.82, 2.24) is 10.1 Å². The molecule has 0 aliphatic heterocycles. The fourth-order valence-corrected chi connectivity index (χ4v) is 2.66. The maximum Gasteiger partial charge on any atom is 0.226 e. The van der Waals surface area contributed by atoms with Crippen LogP contribution in [0.3, 0.4) is 0 Å². The summed E-state index contributed by atoms with van der Waals surface area (Å²) in [6.07, 6.45) is 1.57. The SMILES string of the molecule is CCOc1ccccc1-c1noc(CCCC(=O)Nc2ccc(C)cc2)n1. The first kappa shape index (κ1) is 18.6. The molecule has 6 nitrogen and oxygen atoms in total. The third kappa shape index (κ3) is 5.17. The maximum absolute atomic E-state index is 12.0. The van der Waals surface area contributed by atoms with E-state index in [1.807, 2.05) is 62.4 Å². The van der Waals surface area contributed by atoms with Crippen molar-refractivity contribution in [3.63, 3.8) is 0 Å². The monoisotopic (exact) mass is 365 g/mol. The largest absolute Gasteiger partial charge is 0.493 e. The zero-order valence-corrected chi connectivity index (χ0v) is 15.6. The molecule has 3 rings (SSSR count). The van der Waals surface area contributed by atoms with Crippen molar-refractivity contribution < 1.29 is 14.1 Å². The van der Waals surface area contributed by atoms with Crippen LogP contribution in [0.2, 0.25) is 0 Å². The van der Waals surface area contributed by atoms with Gasteiger partial charge in [0, 0.05) is 18.5 Å². The quantitative estimate of drug-likeness (QED) is 0.640. The molecule has 1 N–H and O–H groups in total. The standard InChI is InChI=1S/C21H23N3O3/c1-3-26-18-8-5-4-7-17(18)21-23-20(27-24-21)10-6-9-19(25)22-16-13-11-15(2)12-14-16/h4-5,7-8,11-14H,3,6,9-10H2,1-2H3,(H,22,25). The lowest BCUT2D eigenvalue weighted by Crippen LogP contribution is -2.11. The van der Waals surface area contributed by atoms with Crippen molar-refractivity contribution in [1.29, 1.82) is 0 Å². The van der Waals surface area contributed by atoms with Crippen molar-refractivity contribution in [3.8, 4) is 17.1 Å². The van der Waals surface area contributed by atoms with E-state index in [9.17, 15) is 4.79 Å². The summed E-state index contributed by atoms with van der Waals surface area (Å²) in [5, 5.41) is 6.92. The number of nitrogens with zero attached hydrogens (tertiary/aromatic N) is 2. The number of anilines is 1. The zero-order chi connectivity index (χ0) is 19.1. The first-order chi connectivity index (χ1) is 13.2. The highest BCUT2D eigenvalue weighted by Gasteiger charge is 2.13. The number of rotatable bonds is 8. The van der Waals surface area contributed by atoms with E-state index >= 15 is 0 Å². The molecular weight excluding hydrogens is 342 g/mol. The highest BCUT2D eigenvalue weighted by molar-refractivity contribution is 5.90. The summed E-state index contributed by atoms with van der Waals surface area (Å²) in [6, 6.07) is 15.3. The second-order valence-electron chi connectivity index (χ2n) is 6.21. The minimum absolute atomic E-state index is 0.0275. The fraction of sp³-hybridized carbons (Fsp3) is 0.286. The van der Waals surface area contributed by atoms with Gasteiger partial charge in [0.15, 0.2) is 0 Å². The first-order valence-corrected chi connectivity index (χ1v) is 9.07. The van der Waals surface area contributed by atoms with Crippen molar-refractivity contribution in [3.05, 3.63) is 60.0 Å². The van der Waals surface area contributed by atoms with E-state index in [0.717, 1.165) is 22.6 Å². The van der Waals surface area contributed by atoms with Crippen molar-refractivity contribution in [2.45, 2.75) is 33.1 Å². The van der Waals surface area contributed by atoms with E-state index in [1.54, 1.807) is 0 Å². The Kier molecular flexibility index (Phi) is 6.20. The topological polar surface area (TPSA) is 77.2 Å². The van der Waals surface area contributed by atoms with Crippen LogP contribution in [0, 0.1) is 6.92 Å². The molecular formula is C21H23N3O3. The molecule has 1 aromatic heterocycles. The Morgan fingerprint density at radius 1 is 1.15 bits per heavy atom. The molecule has 0 aliphatic rings. The summed E-state index contributed by atoms with van der Waals surface area (Å²) < 4.78 is 10.9. The molecule has 1 amide bonds. The third-order valence-electron chi connectivity index (χ3n) is 4.03. The van der Waals surface area contributed by atoms with Gasteiger partial charge in [0.1, 0.15) is 5.75 Å². The number of ether oxygens (including phenoxy) is 1. The Bertz CT molecular complexity index is 888. The smallest absolute Gasteiger partial charge is 0.226 e. The molecule has 0 aliphatic carbocycles. The molecule has 0 spiro atoms. The van der Waals surface area contributed by atoms with Crippen LogP contribution < -0.4 is 10.1 Å². The molecule has 0 atom stereocenters. The van der Waals surface area contributed by atoms with Crippen LogP contribution in [0.15, 0.2) is 53.1 Å². The highest BCUT2D eigenvalue weighted by Crippen LogP contribution is 2.27. The second kappa shape index (κ2) is 8.98. The van der Waals surface area contributed by atoms with Gasteiger partial charge in [0.25, 0.3) is 0 Å². The molecule has 6 heteroatoms. The highest BCUT2D eigenvalue weighted by atomic mass is 16.5. The molecule has 0 fully saturated rings. The van der Waals surface area contributed by atoms with Crippen LogP contribution >= 0.6 is 0 Å². The van der Waals surface area contributed by atoms with E-state index in [4.69, 9.17) is 9.26 Å². The number of carbonyl (C=O) groups excluding carboxylic acids is 1. The van der Waals surface area contributed by atoms with Crippen LogP contribution in [-0.4, -0.2) is 22.7 Å². The fourth-order valence-electron chi connectivity index (χ4n) is 2.66. The van der Waals surface area contributed by atoms with Crippen LogP contribution in [0.25, 0.3) is 11.4 Å². The van der Waals surface area contributed by atoms with Crippen LogP contribution in [-0.2, 0) is 11.2 Å². The lowest BCUT2D eigenvalue weighted by atomic mass is 10.2. The normalized spacial score (nSPS) is 10.6. The van der Waals surface area contributed by atoms with Crippen molar-refractivity contribution in [2.75, 3.05) is 11.9 Å². The van der Waals surface area contributed by atoms with Gasteiger partial charge >= 0.3 is 0 Å². The second-order valence-corrected chi connectivity index (χ2v) is 6.21. The number of aromatic nitrogens is 2. The Hall–Kier alpha value is -3.15. The number of hydrogen-bond acceptors (Lipinski definition) is 5. The molecule has 0 radical (unpaired) electrons. The van der Waals surface area contributed by atoms with Crippen molar-refractivity contribution >= 4 is 11.6 Å². The van der Waals surface area contributed by atoms with Crippen LogP contribution in [0.5, 0.6) is 5.75 Å². The number of carbonyl (C=O) groups is 1. The van der Waals surface area contributed by atoms with Gasteiger partial charge < -0.3 is 14.6 Å². The van der Waals surface area contributed by atoms with Gasteiger partial charge in [-0.05, 0) is 44.5 Å². The Morgan fingerprint density at radius 3 is 2.70 bits per heavy atom. The maximum atomic E-state index is 12.0. The summed E-state index contributed by atoms with van der Waals surface area (Å²) >= 11 is 0. The molecule has 140 valence electrons. The molecule has 2 aromatic carbocycles. The summed E-state index contributed by atoms with van der Waals surface area (Å²) in [7, 11) is 0. The first-order valence-electron chi connectivity index (χ1n) is 9.07. The molecule has 27 heavy (non-hydrogen) atoms. The average Bonchev–Trinajstić information content (AvgIpc) is 3.13. The number of amides is 1. The Morgan fingerprint density at radius 2 is 1.93 bits per heavy atom. The lowest BCUT2D eigenvalue weighted by molar-refractivity contribution is -0.116.